The number of fused-ring (bicyclic) bond motifs is 1. The highest BCUT2D eigenvalue weighted by Crippen LogP contribution is 2.53. The molecule has 2 aliphatic heterocycles. The van der Waals surface area contributed by atoms with Gasteiger partial charge >= 0.3 is 5.97 Å². The number of aliphatic carboxylic acids is 1. The van der Waals surface area contributed by atoms with Crippen molar-refractivity contribution in [3.05, 3.63) is 39.9 Å². The summed E-state index contributed by atoms with van der Waals surface area (Å²) in [6, 6.07) is 5.53. The van der Waals surface area contributed by atoms with Gasteiger partial charge in [0.15, 0.2) is 10.3 Å². The van der Waals surface area contributed by atoms with Crippen molar-refractivity contribution < 1.29 is 24.2 Å². The lowest BCUT2D eigenvalue weighted by atomic mass is 9.77. The van der Waals surface area contributed by atoms with Gasteiger partial charge in [-0.25, -0.2) is 4.79 Å². The number of nitro groups is 1. The van der Waals surface area contributed by atoms with Crippen molar-refractivity contribution in [2.45, 2.75) is 42.3 Å². The van der Waals surface area contributed by atoms with Crippen LogP contribution in [0.25, 0.3) is 0 Å². The Hall–Kier alpha value is -2.13. The van der Waals surface area contributed by atoms with Crippen molar-refractivity contribution in [2.24, 2.45) is 0 Å². The topological polar surface area (TPSA) is 124 Å². The van der Waals surface area contributed by atoms with Crippen LogP contribution in [0, 0.1) is 10.1 Å². The van der Waals surface area contributed by atoms with Gasteiger partial charge in [0.2, 0.25) is 11.3 Å². The van der Waals surface area contributed by atoms with Gasteiger partial charge in [-0.05, 0) is 30.6 Å². The standard InChI is InChI=1S/C15H16N2O6S/c1-14(2)15(13(19)20,16-11(18)7-12(16)24(14)23)8-9-3-5-10(6-4-9)17(21)22/h3-6,12H,7-8H2,1-2H3,(H,19,20)/t12-,15+,24?/m1/s1. The summed E-state index contributed by atoms with van der Waals surface area (Å²) in [7, 11) is 0. The maximum atomic E-state index is 12.7. The lowest BCUT2D eigenvalue weighted by Crippen LogP contribution is -2.68. The van der Waals surface area contributed by atoms with E-state index in [0.29, 0.717) is 5.56 Å². The normalized spacial score (nSPS) is 30.6. The van der Waals surface area contributed by atoms with Gasteiger partial charge in [-0.3, -0.25) is 19.8 Å². The fourth-order valence-electron chi connectivity index (χ4n) is 3.58. The number of hydrogen-bond donors (Lipinski definition) is 1. The smallest absolute Gasteiger partial charge is 0.335 e. The van der Waals surface area contributed by atoms with Crippen LogP contribution in [-0.2, 0) is 27.2 Å². The van der Waals surface area contributed by atoms with E-state index in [2.05, 4.69) is 0 Å². The van der Waals surface area contributed by atoms with Gasteiger partial charge in [-0.1, -0.05) is 12.1 Å². The minimum atomic E-state index is -1.63. The molecular weight excluding hydrogens is 336 g/mol. The zero-order chi connectivity index (χ0) is 17.9. The molecule has 1 aromatic carbocycles. The summed E-state index contributed by atoms with van der Waals surface area (Å²) in [5.74, 6) is -1.54. The molecule has 2 fully saturated rings. The van der Waals surface area contributed by atoms with Crippen molar-refractivity contribution in [2.75, 3.05) is 0 Å². The molecule has 1 N–H and O–H groups in total. The summed E-state index contributed by atoms with van der Waals surface area (Å²) in [4.78, 5) is 35.6. The molecule has 0 aromatic heterocycles. The number of carbonyl (C=O) groups is 2. The largest absolute Gasteiger partial charge is 0.614 e. The first-order valence-corrected chi connectivity index (χ1v) is 8.54. The predicted molar refractivity (Wildman–Crippen MR) is 84.6 cm³/mol. The van der Waals surface area contributed by atoms with Crippen LogP contribution in [0.2, 0.25) is 0 Å². The summed E-state index contributed by atoms with van der Waals surface area (Å²) < 4.78 is 11.5. The summed E-state index contributed by atoms with van der Waals surface area (Å²) >= 11 is -1.50. The maximum Gasteiger partial charge on any atom is 0.335 e. The average molecular weight is 352 g/mol. The molecule has 1 unspecified atom stereocenters. The Morgan fingerprint density at radius 1 is 1.42 bits per heavy atom. The minimum absolute atomic E-state index is 0.0543. The second-order valence-corrected chi connectivity index (χ2v) is 8.66. The third-order valence-corrected chi connectivity index (χ3v) is 7.24. The van der Waals surface area contributed by atoms with Crippen molar-refractivity contribution in [3.63, 3.8) is 0 Å². The number of carbonyl (C=O) groups excluding carboxylic acids is 1. The Morgan fingerprint density at radius 3 is 2.46 bits per heavy atom. The van der Waals surface area contributed by atoms with Crippen LogP contribution in [0.5, 0.6) is 0 Å². The molecule has 1 aromatic rings. The highest BCUT2D eigenvalue weighted by atomic mass is 32.2. The Morgan fingerprint density at radius 2 is 2.00 bits per heavy atom. The number of rotatable bonds is 4. The average Bonchev–Trinajstić information content (AvgIpc) is 2.63. The van der Waals surface area contributed by atoms with Crippen LogP contribution in [0.1, 0.15) is 25.8 Å². The molecule has 3 atom stereocenters. The van der Waals surface area contributed by atoms with E-state index in [1.807, 2.05) is 0 Å². The molecular formula is C15H16N2O6S. The molecule has 0 radical (unpaired) electrons. The van der Waals surface area contributed by atoms with E-state index in [-0.39, 0.29) is 24.4 Å². The first-order chi connectivity index (χ1) is 11.1. The van der Waals surface area contributed by atoms with Crippen LogP contribution in [0.4, 0.5) is 5.69 Å². The van der Waals surface area contributed by atoms with E-state index in [0.717, 1.165) is 0 Å². The third kappa shape index (κ3) is 1.97. The molecule has 0 spiro atoms. The maximum absolute atomic E-state index is 12.7. The number of non-ortho nitro benzene ring substituents is 1. The number of carboxylic acid groups (broad SMARTS) is 1. The summed E-state index contributed by atoms with van der Waals surface area (Å²) in [6.45, 7) is 3.18. The second-order valence-electron chi connectivity index (χ2n) is 6.50. The molecule has 0 bridgehead atoms. The molecule has 0 aliphatic carbocycles. The molecule has 9 heteroatoms. The summed E-state index contributed by atoms with van der Waals surface area (Å²) in [6.07, 6.45) is 0.0344. The molecule has 8 nitrogen and oxygen atoms in total. The lowest BCUT2D eigenvalue weighted by molar-refractivity contribution is -0.384. The second kappa shape index (κ2) is 5.18. The van der Waals surface area contributed by atoms with Crippen molar-refractivity contribution in [1.29, 1.82) is 0 Å². The van der Waals surface area contributed by atoms with Gasteiger partial charge in [0.1, 0.15) is 0 Å². The van der Waals surface area contributed by atoms with Crippen LogP contribution in [0.15, 0.2) is 24.3 Å². The van der Waals surface area contributed by atoms with Crippen molar-refractivity contribution >= 4 is 28.7 Å². The molecule has 2 aliphatic rings. The van der Waals surface area contributed by atoms with Crippen LogP contribution < -0.4 is 0 Å². The van der Waals surface area contributed by atoms with Crippen LogP contribution in [0.3, 0.4) is 0 Å². The Labute approximate surface area is 140 Å². The van der Waals surface area contributed by atoms with E-state index in [9.17, 15) is 29.4 Å². The van der Waals surface area contributed by atoms with Crippen LogP contribution in [-0.4, -0.2) is 47.0 Å². The Bertz CT molecular complexity index is 734. The van der Waals surface area contributed by atoms with E-state index in [1.165, 1.54) is 29.2 Å². The quantitative estimate of drug-likeness (QED) is 0.374. The van der Waals surface area contributed by atoms with Gasteiger partial charge in [0.05, 0.1) is 11.3 Å². The summed E-state index contributed by atoms with van der Waals surface area (Å²) in [5, 5.41) is 20.1. The number of carboxylic acids is 1. The van der Waals surface area contributed by atoms with Gasteiger partial charge in [0.25, 0.3) is 5.69 Å². The number of hydrogen-bond acceptors (Lipinski definition) is 5. The SMILES string of the molecule is CC1(C)[S+]([O-])[C@@H]2CC(=O)N2[C@@]1(Cc1ccc([N+](=O)[O-])cc1)C(=O)O. The van der Waals surface area contributed by atoms with Crippen LogP contribution >= 0.6 is 0 Å². The molecule has 0 saturated carbocycles. The van der Waals surface area contributed by atoms with E-state index in [4.69, 9.17) is 0 Å². The molecule has 2 heterocycles. The molecule has 2 saturated heterocycles. The third-order valence-electron chi connectivity index (χ3n) is 5.02. The molecule has 1 amide bonds. The van der Waals surface area contributed by atoms with Gasteiger partial charge < -0.3 is 9.66 Å². The fourth-order valence-corrected chi connectivity index (χ4v) is 5.63. The fraction of sp³-hybridized carbons (Fsp3) is 0.467. The molecule has 24 heavy (non-hydrogen) atoms. The lowest BCUT2D eigenvalue weighted by Gasteiger charge is -2.42. The van der Waals surface area contributed by atoms with E-state index < -0.39 is 37.7 Å². The Kier molecular flexibility index (Phi) is 3.61. The van der Waals surface area contributed by atoms with Crippen molar-refractivity contribution in [3.8, 4) is 0 Å². The molecule has 3 rings (SSSR count). The first-order valence-electron chi connectivity index (χ1n) is 7.32. The zero-order valence-electron chi connectivity index (χ0n) is 13.1. The van der Waals surface area contributed by atoms with Gasteiger partial charge in [-0.15, -0.1) is 0 Å². The van der Waals surface area contributed by atoms with E-state index >= 15 is 0 Å². The number of β-lactam (4-membered cyclic amide) rings is 1. The monoisotopic (exact) mass is 352 g/mol. The minimum Gasteiger partial charge on any atom is -0.614 e. The highest BCUT2D eigenvalue weighted by molar-refractivity contribution is 7.93. The first kappa shape index (κ1) is 16.7. The number of nitro benzene ring substituents is 1. The zero-order valence-corrected chi connectivity index (χ0v) is 13.9. The van der Waals surface area contributed by atoms with Crippen molar-refractivity contribution in [1.82, 2.24) is 4.90 Å². The molecule has 128 valence electrons. The predicted octanol–water partition coefficient (Wildman–Crippen LogP) is 1.06. The highest BCUT2D eigenvalue weighted by Gasteiger charge is 2.77. The Balaban J connectivity index is 2.04. The summed E-state index contributed by atoms with van der Waals surface area (Å²) in [5.41, 5.74) is -1.20. The van der Waals surface area contributed by atoms with E-state index in [1.54, 1.807) is 13.8 Å². The number of nitrogens with zero attached hydrogens (tertiary/aromatic N) is 2. The number of benzene rings is 1. The van der Waals surface area contributed by atoms with Gasteiger partial charge in [0, 0.05) is 18.6 Å². The number of amides is 1. The van der Waals surface area contributed by atoms with Gasteiger partial charge in [-0.2, -0.15) is 0 Å².